The van der Waals surface area contributed by atoms with E-state index in [0.29, 0.717) is 16.4 Å². The Kier molecular flexibility index (Phi) is 6.07. The molecule has 0 aliphatic carbocycles. The van der Waals surface area contributed by atoms with Crippen LogP contribution in [0.25, 0.3) is 0 Å². The zero-order chi connectivity index (χ0) is 16.2. The predicted molar refractivity (Wildman–Crippen MR) is 82.2 cm³/mol. The van der Waals surface area contributed by atoms with E-state index in [0.717, 1.165) is 0 Å². The molecular formula is C14H25N3O3S. The van der Waals surface area contributed by atoms with Gasteiger partial charge in [-0.25, -0.2) is 4.79 Å². The molecule has 0 unspecified atom stereocenters. The van der Waals surface area contributed by atoms with Crippen molar-refractivity contribution in [1.82, 2.24) is 15.5 Å². The number of thioether (sulfide) groups is 1. The lowest BCUT2D eigenvalue weighted by Gasteiger charge is -2.23. The summed E-state index contributed by atoms with van der Waals surface area (Å²) in [5.74, 6) is 0.508. The second-order valence-electron chi connectivity index (χ2n) is 6.44. The summed E-state index contributed by atoms with van der Waals surface area (Å²) < 4.78 is 10.9. The van der Waals surface area contributed by atoms with Crippen molar-refractivity contribution in [3.8, 4) is 0 Å². The van der Waals surface area contributed by atoms with Gasteiger partial charge in [0.2, 0.25) is 5.89 Å². The van der Waals surface area contributed by atoms with Crippen molar-refractivity contribution < 1.29 is 13.9 Å². The maximum atomic E-state index is 11.9. The minimum absolute atomic E-state index is 0.106. The quantitative estimate of drug-likeness (QED) is 0.833. The van der Waals surface area contributed by atoms with E-state index in [1.165, 1.54) is 11.8 Å². The Hall–Kier alpha value is -1.24. The number of carbonyl (C=O) groups excluding carboxylic acids is 1. The lowest BCUT2D eigenvalue weighted by molar-refractivity contribution is 0.0477. The van der Waals surface area contributed by atoms with Gasteiger partial charge in [-0.2, -0.15) is 0 Å². The molecule has 7 heteroatoms. The number of carbonyl (C=O) groups is 1. The summed E-state index contributed by atoms with van der Waals surface area (Å²) in [5.41, 5.74) is -0.543. The van der Waals surface area contributed by atoms with Crippen LogP contribution < -0.4 is 5.32 Å². The molecule has 0 radical (unpaired) electrons. The van der Waals surface area contributed by atoms with Crippen molar-refractivity contribution in [1.29, 1.82) is 0 Å². The SMILES string of the molecule is CC(C)Sc1nnc([C@H](NC(=O)OC(C)(C)C)C(C)C)o1. The van der Waals surface area contributed by atoms with Crippen LogP contribution in [-0.2, 0) is 4.74 Å². The highest BCUT2D eigenvalue weighted by Crippen LogP contribution is 2.26. The molecule has 1 aromatic rings. The molecule has 0 fully saturated rings. The van der Waals surface area contributed by atoms with Crippen molar-refractivity contribution in [2.24, 2.45) is 5.92 Å². The molecule has 1 atom stereocenters. The van der Waals surface area contributed by atoms with Gasteiger partial charge in [-0.1, -0.05) is 39.5 Å². The minimum Gasteiger partial charge on any atom is -0.444 e. The summed E-state index contributed by atoms with van der Waals surface area (Å²) in [4.78, 5) is 11.9. The van der Waals surface area contributed by atoms with Crippen LogP contribution in [0, 0.1) is 5.92 Å². The summed E-state index contributed by atoms with van der Waals surface area (Å²) in [5, 5.41) is 11.7. The number of ether oxygens (including phenoxy) is 1. The molecule has 1 amide bonds. The van der Waals surface area contributed by atoms with E-state index < -0.39 is 11.7 Å². The molecule has 1 N–H and O–H groups in total. The highest BCUT2D eigenvalue weighted by atomic mass is 32.2. The second-order valence-corrected chi connectivity index (χ2v) is 7.97. The van der Waals surface area contributed by atoms with E-state index in [1.807, 2.05) is 48.5 Å². The zero-order valence-electron chi connectivity index (χ0n) is 13.8. The third-order valence-electron chi connectivity index (χ3n) is 2.36. The van der Waals surface area contributed by atoms with Crippen molar-refractivity contribution in [3.63, 3.8) is 0 Å². The molecule has 0 saturated heterocycles. The fraction of sp³-hybridized carbons (Fsp3) is 0.786. The average Bonchev–Trinajstić information content (AvgIpc) is 2.70. The predicted octanol–water partition coefficient (Wildman–Crippen LogP) is 3.79. The number of alkyl carbamates (subject to hydrolysis) is 1. The smallest absolute Gasteiger partial charge is 0.408 e. The molecule has 0 aliphatic rings. The van der Waals surface area contributed by atoms with Crippen molar-refractivity contribution in [2.45, 2.75) is 70.6 Å². The van der Waals surface area contributed by atoms with E-state index in [-0.39, 0.29) is 12.0 Å². The Morgan fingerprint density at radius 3 is 2.33 bits per heavy atom. The first kappa shape index (κ1) is 17.8. The minimum atomic E-state index is -0.543. The van der Waals surface area contributed by atoms with Crippen molar-refractivity contribution in [2.75, 3.05) is 0 Å². The van der Waals surface area contributed by atoms with E-state index in [2.05, 4.69) is 15.5 Å². The molecule has 1 rings (SSSR count). The second kappa shape index (κ2) is 7.15. The van der Waals surface area contributed by atoms with Gasteiger partial charge in [0.25, 0.3) is 5.22 Å². The Morgan fingerprint density at radius 1 is 1.24 bits per heavy atom. The summed E-state index contributed by atoms with van der Waals surface area (Å²) in [6.45, 7) is 13.5. The first-order valence-corrected chi connectivity index (χ1v) is 7.96. The third kappa shape index (κ3) is 6.37. The highest BCUT2D eigenvalue weighted by Gasteiger charge is 2.27. The van der Waals surface area contributed by atoms with Crippen LogP contribution in [0.15, 0.2) is 9.64 Å². The molecule has 0 aromatic carbocycles. The van der Waals surface area contributed by atoms with E-state index in [1.54, 1.807) is 0 Å². The van der Waals surface area contributed by atoms with Gasteiger partial charge in [-0.05, 0) is 26.7 Å². The van der Waals surface area contributed by atoms with Crippen LogP contribution in [-0.4, -0.2) is 27.1 Å². The van der Waals surface area contributed by atoms with Gasteiger partial charge in [0.15, 0.2) is 0 Å². The Balaban J connectivity index is 2.78. The largest absolute Gasteiger partial charge is 0.444 e. The molecule has 1 heterocycles. The summed E-state index contributed by atoms with van der Waals surface area (Å²) in [7, 11) is 0. The van der Waals surface area contributed by atoms with Gasteiger partial charge >= 0.3 is 6.09 Å². The molecular weight excluding hydrogens is 290 g/mol. The molecule has 0 bridgehead atoms. The normalized spacial score (nSPS) is 13.6. The van der Waals surface area contributed by atoms with Crippen LogP contribution >= 0.6 is 11.8 Å². The summed E-state index contributed by atoms with van der Waals surface area (Å²) >= 11 is 1.49. The fourth-order valence-corrected chi connectivity index (χ4v) is 2.17. The molecule has 0 saturated carbocycles. The zero-order valence-corrected chi connectivity index (χ0v) is 14.6. The van der Waals surface area contributed by atoms with Gasteiger partial charge in [0, 0.05) is 5.25 Å². The van der Waals surface area contributed by atoms with Crippen molar-refractivity contribution >= 4 is 17.9 Å². The van der Waals surface area contributed by atoms with Crippen molar-refractivity contribution in [3.05, 3.63) is 5.89 Å². The molecule has 6 nitrogen and oxygen atoms in total. The number of rotatable bonds is 5. The first-order chi connectivity index (χ1) is 9.58. The average molecular weight is 315 g/mol. The van der Waals surface area contributed by atoms with E-state index in [4.69, 9.17) is 9.15 Å². The number of nitrogens with zero attached hydrogens (tertiary/aromatic N) is 2. The fourth-order valence-electron chi connectivity index (χ4n) is 1.54. The number of aromatic nitrogens is 2. The number of amides is 1. The van der Waals surface area contributed by atoms with Gasteiger partial charge in [-0.3, -0.25) is 0 Å². The highest BCUT2D eigenvalue weighted by molar-refractivity contribution is 7.99. The lowest BCUT2D eigenvalue weighted by atomic mass is 10.1. The van der Waals surface area contributed by atoms with Gasteiger partial charge in [0.05, 0.1) is 0 Å². The van der Waals surface area contributed by atoms with Gasteiger partial charge < -0.3 is 14.5 Å². The third-order valence-corrected chi connectivity index (χ3v) is 3.20. The molecule has 21 heavy (non-hydrogen) atoms. The summed E-state index contributed by atoms with van der Waals surface area (Å²) in [6.07, 6.45) is -0.488. The molecule has 120 valence electrons. The van der Waals surface area contributed by atoms with Crippen LogP contribution in [0.2, 0.25) is 0 Å². The van der Waals surface area contributed by atoms with Gasteiger partial charge in [-0.15, -0.1) is 10.2 Å². The number of hydrogen-bond donors (Lipinski definition) is 1. The summed E-state index contributed by atoms with van der Waals surface area (Å²) in [6, 6.07) is -0.367. The number of nitrogens with one attached hydrogen (secondary N) is 1. The standard InChI is InChI=1S/C14H25N3O3S/c1-8(2)10(15-12(18)20-14(5,6)7)11-16-17-13(19-11)21-9(3)4/h8-10H,1-7H3,(H,15,18)/t10-/m1/s1. The van der Waals surface area contributed by atoms with E-state index >= 15 is 0 Å². The maximum absolute atomic E-state index is 11.9. The lowest BCUT2D eigenvalue weighted by Crippen LogP contribution is -2.37. The van der Waals surface area contributed by atoms with Crippen LogP contribution in [0.1, 0.15) is 60.4 Å². The number of hydrogen-bond acceptors (Lipinski definition) is 6. The Labute approximate surface area is 130 Å². The van der Waals surface area contributed by atoms with Crippen LogP contribution in [0.3, 0.4) is 0 Å². The topological polar surface area (TPSA) is 77.2 Å². The van der Waals surface area contributed by atoms with Gasteiger partial charge in [0.1, 0.15) is 11.6 Å². The Bertz CT molecular complexity index is 466. The van der Waals surface area contributed by atoms with Crippen LogP contribution in [0.4, 0.5) is 4.79 Å². The maximum Gasteiger partial charge on any atom is 0.408 e. The molecule has 0 spiro atoms. The Morgan fingerprint density at radius 2 is 1.86 bits per heavy atom. The monoisotopic (exact) mass is 315 g/mol. The van der Waals surface area contributed by atoms with Crippen LogP contribution in [0.5, 0.6) is 0 Å². The van der Waals surface area contributed by atoms with E-state index in [9.17, 15) is 4.79 Å². The molecule has 1 aromatic heterocycles. The molecule has 0 aliphatic heterocycles. The first-order valence-electron chi connectivity index (χ1n) is 7.08.